The van der Waals surface area contributed by atoms with Crippen molar-refractivity contribution in [1.29, 1.82) is 0 Å². The monoisotopic (exact) mass is 142 g/mol. The van der Waals surface area contributed by atoms with Crippen LogP contribution in [0.1, 0.15) is 13.3 Å². The van der Waals surface area contributed by atoms with E-state index in [-0.39, 0.29) is 5.97 Å². The normalized spacial score (nSPS) is 30.5. The predicted octanol–water partition coefficient (Wildman–Crippen LogP) is 0.852. The van der Waals surface area contributed by atoms with Crippen molar-refractivity contribution in [3.8, 4) is 0 Å². The zero-order valence-corrected chi connectivity index (χ0v) is 5.92. The minimum Gasteiger partial charge on any atom is -0.433 e. The van der Waals surface area contributed by atoms with Crippen molar-refractivity contribution in [2.24, 2.45) is 0 Å². The highest BCUT2D eigenvalue weighted by Crippen LogP contribution is 2.26. The van der Waals surface area contributed by atoms with Gasteiger partial charge in [-0.1, -0.05) is 6.58 Å². The molecule has 0 bridgehead atoms. The Bertz CT molecular complexity index is 158. The Morgan fingerprint density at radius 2 is 2.50 bits per heavy atom. The highest BCUT2D eigenvalue weighted by atomic mass is 16.6. The minimum absolute atomic E-state index is 0.353. The molecule has 0 aromatic heterocycles. The summed E-state index contributed by atoms with van der Waals surface area (Å²) < 4.78 is 9.56. The Balaban J connectivity index is 2.46. The van der Waals surface area contributed by atoms with Gasteiger partial charge in [-0.3, -0.25) is 0 Å². The number of hydrogen-bond acceptors (Lipinski definition) is 3. The van der Waals surface area contributed by atoms with Crippen LogP contribution in [-0.4, -0.2) is 18.2 Å². The third-order valence-electron chi connectivity index (χ3n) is 1.62. The smallest absolute Gasteiger partial charge is 0.342 e. The van der Waals surface area contributed by atoms with Crippen molar-refractivity contribution in [3.05, 3.63) is 12.8 Å². The summed E-state index contributed by atoms with van der Waals surface area (Å²) >= 11 is 0. The van der Waals surface area contributed by atoms with Crippen LogP contribution in [0.25, 0.3) is 0 Å². The van der Waals surface area contributed by atoms with Gasteiger partial charge in [0.1, 0.15) is 0 Å². The molecule has 0 aromatic rings. The highest BCUT2D eigenvalue weighted by Gasteiger charge is 2.42. The number of carbonyl (C=O) groups is 1. The molecule has 3 heteroatoms. The molecule has 1 heterocycles. The van der Waals surface area contributed by atoms with E-state index in [1.807, 2.05) is 0 Å². The van der Waals surface area contributed by atoms with Crippen molar-refractivity contribution in [1.82, 2.24) is 0 Å². The van der Waals surface area contributed by atoms with Crippen LogP contribution in [0, 0.1) is 0 Å². The molecule has 1 unspecified atom stereocenters. The van der Waals surface area contributed by atoms with Gasteiger partial charge < -0.3 is 9.47 Å². The van der Waals surface area contributed by atoms with Crippen LogP contribution in [0.3, 0.4) is 0 Å². The molecule has 0 aliphatic carbocycles. The van der Waals surface area contributed by atoms with E-state index in [9.17, 15) is 4.79 Å². The maximum atomic E-state index is 10.9. The molecule has 1 atom stereocenters. The second-order valence-electron chi connectivity index (χ2n) is 2.40. The van der Waals surface area contributed by atoms with Gasteiger partial charge in [0.25, 0.3) is 0 Å². The first-order valence-corrected chi connectivity index (χ1v) is 3.15. The molecule has 3 nitrogen and oxygen atoms in total. The maximum Gasteiger partial charge on any atom is 0.342 e. The van der Waals surface area contributed by atoms with E-state index in [0.29, 0.717) is 6.61 Å². The van der Waals surface area contributed by atoms with Crippen molar-refractivity contribution in [2.45, 2.75) is 18.9 Å². The molecule has 0 N–H and O–H groups in total. The zero-order chi connectivity index (χ0) is 7.61. The van der Waals surface area contributed by atoms with E-state index >= 15 is 0 Å². The Labute approximate surface area is 59.6 Å². The Morgan fingerprint density at radius 3 is 2.80 bits per heavy atom. The van der Waals surface area contributed by atoms with Crippen LogP contribution in [0.5, 0.6) is 0 Å². The van der Waals surface area contributed by atoms with Crippen molar-refractivity contribution in [2.75, 3.05) is 6.61 Å². The maximum absolute atomic E-state index is 10.9. The Morgan fingerprint density at radius 1 is 1.90 bits per heavy atom. The minimum atomic E-state index is -0.700. The van der Waals surface area contributed by atoms with Crippen molar-refractivity contribution < 1.29 is 14.3 Å². The SMILES string of the molecule is C=COC(=O)C1(C)CCO1. The Hall–Kier alpha value is -0.830. The lowest BCUT2D eigenvalue weighted by molar-refractivity contribution is -0.189. The van der Waals surface area contributed by atoms with E-state index in [1.165, 1.54) is 0 Å². The summed E-state index contributed by atoms with van der Waals surface area (Å²) in [6.45, 7) is 5.63. The van der Waals surface area contributed by atoms with Gasteiger partial charge in [-0.25, -0.2) is 4.79 Å². The molecule has 0 spiro atoms. The molecular formula is C7H10O3. The number of rotatable bonds is 2. The number of hydrogen-bond donors (Lipinski definition) is 0. The summed E-state index contributed by atoms with van der Waals surface area (Å²) in [5, 5.41) is 0. The first-order valence-electron chi connectivity index (χ1n) is 3.15. The lowest BCUT2D eigenvalue weighted by atomic mass is 9.98. The lowest BCUT2D eigenvalue weighted by Crippen LogP contribution is -2.48. The summed E-state index contributed by atoms with van der Waals surface area (Å²) in [6.07, 6.45) is 1.86. The zero-order valence-electron chi connectivity index (χ0n) is 5.92. The summed E-state index contributed by atoms with van der Waals surface area (Å²) in [5.74, 6) is -0.353. The van der Waals surface area contributed by atoms with Crippen molar-refractivity contribution >= 4 is 5.97 Å². The first-order chi connectivity index (χ1) is 4.69. The lowest BCUT2D eigenvalue weighted by Gasteiger charge is -2.35. The molecule has 0 radical (unpaired) electrons. The fraction of sp³-hybridized carbons (Fsp3) is 0.571. The number of esters is 1. The van der Waals surface area contributed by atoms with Crippen LogP contribution in [0.15, 0.2) is 12.8 Å². The van der Waals surface area contributed by atoms with E-state index in [4.69, 9.17) is 4.74 Å². The Kier molecular flexibility index (Phi) is 1.76. The van der Waals surface area contributed by atoms with Crippen molar-refractivity contribution in [3.63, 3.8) is 0 Å². The number of carbonyl (C=O) groups excluding carboxylic acids is 1. The van der Waals surface area contributed by atoms with Gasteiger partial charge in [-0.2, -0.15) is 0 Å². The second-order valence-corrected chi connectivity index (χ2v) is 2.40. The van der Waals surface area contributed by atoms with Gasteiger partial charge in [0.05, 0.1) is 12.9 Å². The molecule has 0 aromatic carbocycles. The summed E-state index contributed by atoms with van der Waals surface area (Å²) in [5.41, 5.74) is -0.700. The molecule has 56 valence electrons. The van der Waals surface area contributed by atoms with Gasteiger partial charge >= 0.3 is 5.97 Å². The number of ether oxygens (including phenoxy) is 2. The largest absolute Gasteiger partial charge is 0.433 e. The van der Waals surface area contributed by atoms with E-state index < -0.39 is 5.60 Å². The molecule has 0 saturated carbocycles. The molecule has 1 saturated heterocycles. The van der Waals surface area contributed by atoms with Gasteiger partial charge in [-0.05, 0) is 6.92 Å². The molecule has 1 rings (SSSR count). The summed E-state index contributed by atoms with van der Waals surface area (Å²) in [7, 11) is 0. The van der Waals surface area contributed by atoms with E-state index in [0.717, 1.165) is 12.7 Å². The molecule has 1 aliphatic rings. The van der Waals surface area contributed by atoms with Crippen LogP contribution in [-0.2, 0) is 14.3 Å². The molecular weight excluding hydrogens is 132 g/mol. The quantitative estimate of drug-likeness (QED) is 0.423. The first kappa shape index (κ1) is 7.28. The van der Waals surface area contributed by atoms with Crippen LogP contribution < -0.4 is 0 Å². The highest BCUT2D eigenvalue weighted by molar-refractivity contribution is 5.80. The van der Waals surface area contributed by atoms with Gasteiger partial charge in [0.15, 0.2) is 5.60 Å². The standard InChI is InChI=1S/C7H10O3/c1-3-9-6(8)7(2)4-5-10-7/h3H,1,4-5H2,2H3. The van der Waals surface area contributed by atoms with Gasteiger partial charge in [0.2, 0.25) is 0 Å². The third kappa shape index (κ3) is 1.04. The van der Waals surface area contributed by atoms with Gasteiger partial charge in [0, 0.05) is 6.42 Å². The van der Waals surface area contributed by atoms with E-state index in [2.05, 4.69) is 11.3 Å². The van der Waals surface area contributed by atoms with Crippen LogP contribution in [0.2, 0.25) is 0 Å². The summed E-state index contributed by atoms with van der Waals surface area (Å²) in [4.78, 5) is 10.9. The second kappa shape index (κ2) is 2.42. The van der Waals surface area contributed by atoms with Crippen LogP contribution in [0.4, 0.5) is 0 Å². The summed E-state index contributed by atoms with van der Waals surface area (Å²) in [6, 6.07) is 0. The molecule has 1 fully saturated rings. The van der Waals surface area contributed by atoms with Crippen LogP contribution >= 0.6 is 0 Å². The molecule has 0 amide bonds. The fourth-order valence-electron chi connectivity index (χ4n) is 0.770. The molecule has 10 heavy (non-hydrogen) atoms. The predicted molar refractivity (Wildman–Crippen MR) is 35.3 cm³/mol. The van der Waals surface area contributed by atoms with E-state index in [1.54, 1.807) is 6.92 Å². The third-order valence-corrected chi connectivity index (χ3v) is 1.62. The average molecular weight is 142 g/mol. The topological polar surface area (TPSA) is 35.5 Å². The molecule has 1 aliphatic heterocycles. The van der Waals surface area contributed by atoms with Gasteiger partial charge in [-0.15, -0.1) is 0 Å². The average Bonchev–Trinajstić information content (AvgIpc) is 1.83. The fourth-order valence-corrected chi connectivity index (χ4v) is 0.770.